The first kappa shape index (κ1) is 15.4. The maximum absolute atomic E-state index is 5.82. The Balaban J connectivity index is 1.80. The Kier molecular flexibility index (Phi) is 4.15. The largest absolute Gasteiger partial charge is 0.371 e. The molecule has 0 bridgehead atoms. The number of nitrogens with one attached hydrogen (secondary N) is 1. The Bertz CT molecular complexity index is 494. The van der Waals surface area contributed by atoms with E-state index in [2.05, 4.69) is 26.1 Å². The lowest BCUT2D eigenvalue weighted by molar-refractivity contribution is -0.0780. The van der Waals surface area contributed by atoms with Crippen molar-refractivity contribution in [1.29, 1.82) is 0 Å². The minimum absolute atomic E-state index is 0.0516. The highest BCUT2D eigenvalue weighted by Gasteiger charge is 2.43. The molecule has 1 N–H and O–H groups in total. The average molecular weight is 308 g/mol. The third kappa shape index (κ3) is 3.03. The highest BCUT2D eigenvalue weighted by atomic mass is 32.1. The van der Waals surface area contributed by atoms with Crippen LogP contribution in [0.2, 0.25) is 0 Å². The molecule has 0 saturated heterocycles. The summed E-state index contributed by atoms with van der Waals surface area (Å²) in [6, 6.07) is 0. The Morgan fingerprint density at radius 1 is 1.33 bits per heavy atom. The molecule has 118 valence electrons. The molecule has 0 aliphatic heterocycles. The molecular weight excluding hydrogens is 280 g/mol. The molecular formula is C17H28N2OS. The maximum Gasteiger partial charge on any atom is 0.125 e. The average Bonchev–Trinajstić information content (AvgIpc) is 2.79. The van der Waals surface area contributed by atoms with E-state index in [1.165, 1.54) is 41.3 Å². The second-order valence-electron chi connectivity index (χ2n) is 7.60. The van der Waals surface area contributed by atoms with Crippen LogP contribution in [0, 0.1) is 0 Å². The van der Waals surface area contributed by atoms with Gasteiger partial charge in [-0.1, -0.05) is 0 Å². The van der Waals surface area contributed by atoms with Gasteiger partial charge >= 0.3 is 0 Å². The first-order chi connectivity index (χ1) is 9.93. The minimum Gasteiger partial charge on any atom is -0.371 e. The van der Waals surface area contributed by atoms with Crippen molar-refractivity contribution in [1.82, 2.24) is 10.3 Å². The fourth-order valence-electron chi connectivity index (χ4n) is 3.33. The number of rotatable bonds is 4. The lowest BCUT2D eigenvalue weighted by Crippen LogP contribution is -2.39. The lowest BCUT2D eigenvalue weighted by atomic mass is 9.80. The van der Waals surface area contributed by atoms with Gasteiger partial charge in [-0.2, -0.15) is 0 Å². The molecule has 3 rings (SSSR count). The number of aryl methyl sites for hydroxylation is 1. The van der Waals surface area contributed by atoms with Crippen LogP contribution in [-0.2, 0) is 16.8 Å². The number of hydrogen-bond acceptors (Lipinski definition) is 4. The first-order valence-electron chi connectivity index (χ1n) is 8.24. The van der Waals surface area contributed by atoms with E-state index in [0.29, 0.717) is 5.92 Å². The zero-order chi connectivity index (χ0) is 15.1. The molecule has 21 heavy (non-hydrogen) atoms. The van der Waals surface area contributed by atoms with Gasteiger partial charge in [-0.25, -0.2) is 4.98 Å². The van der Waals surface area contributed by atoms with Crippen molar-refractivity contribution in [3.8, 4) is 0 Å². The van der Waals surface area contributed by atoms with E-state index < -0.39 is 0 Å². The smallest absolute Gasteiger partial charge is 0.125 e. The van der Waals surface area contributed by atoms with E-state index in [1.807, 2.05) is 18.4 Å². The number of aromatic nitrogens is 1. The van der Waals surface area contributed by atoms with E-state index in [0.717, 1.165) is 19.4 Å². The molecule has 0 spiro atoms. The van der Waals surface area contributed by atoms with Crippen molar-refractivity contribution >= 4 is 11.3 Å². The van der Waals surface area contributed by atoms with Crippen LogP contribution in [0.4, 0.5) is 0 Å². The van der Waals surface area contributed by atoms with Gasteiger partial charge in [-0.05, 0) is 59.3 Å². The molecule has 1 saturated carbocycles. The van der Waals surface area contributed by atoms with Crippen molar-refractivity contribution in [2.75, 3.05) is 13.7 Å². The summed E-state index contributed by atoms with van der Waals surface area (Å²) in [5.74, 6) is 0.576. The standard InChI is InChI=1S/C17H28N2OS/c1-16(2,3)18-11-12-7-5-8-13-14(12)19-15(21-13)17(20-4)9-6-10-17/h12,18H,5-11H2,1-4H3. The van der Waals surface area contributed by atoms with Crippen LogP contribution in [-0.4, -0.2) is 24.2 Å². The molecule has 1 aromatic heterocycles. The maximum atomic E-state index is 5.82. The van der Waals surface area contributed by atoms with Gasteiger partial charge in [-0.15, -0.1) is 11.3 Å². The van der Waals surface area contributed by atoms with Crippen LogP contribution < -0.4 is 5.32 Å². The summed E-state index contributed by atoms with van der Waals surface area (Å²) in [7, 11) is 1.85. The molecule has 4 heteroatoms. The van der Waals surface area contributed by atoms with E-state index in [1.54, 1.807) is 0 Å². The second kappa shape index (κ2) is 5.64. The van der Waals surface area contributed by atoms with E-state index in [4.69, 9.17) is 9.72 Å². The normalized spacial score (nSPS) is 24.5. The van der Waals surface area contributed by atoms with E-state index >= 15 is 0 Å². The molecule has 1 fully saturated rings. The molecule has 0 aromatic carbocycles. The van der Waals surface area contributed by atoms with Gasteiger partial charge in [0.2, 0.25) is 0 Å². The van der Waals surface area contributed by atoms with Gasteiger partial charge in [0.05, 0.1) is 5.69 Å². The molecule has 3 nitrogen and oxygen atoms in total. The number of hydrogen-bond donors (Lipinski definition) is 1. The lowest BCUT2D eigenvalue weighted by Gasteiger charge is -2.38. The Morgan fingerprint density at radius 2 is 2.10 bits per heavy atom. The summed E-state index contributed by atoms with van der Waals surface area (Å²) >= 11 is 1.92. The van der Waals surface area contributed by atoms with Crippen molar-refractivity contribution in [3.05, 3.63) is 15.6 Å². The summed E-state index contributed by atoms with van der Waals surface area (Å²) in [5, 5.41) is 4.90. The molecule has 0 radical (unpaired) electrons. The van der Waals surface area contributed by atoms with Crippen molar-refractivity contribution in [3.63, 3.8) is 0 Å². The number of thiazole rings is 1. The van der Waals surface area contributed by atoms with Crippen molar-refractivity contribution in [2.24, 2.45) is 0 Å². The third-order valence-electron chi connectivity index (χ3n) is 4.89. The summed E-state index contributed by atoms with van der Waals surface area (Å²) < 4.78 is 5.82. The quantitative estimate of drug-likeness (QED) is 0.913. The van der Waals surface area contributed by atoms with Crippen LogP contribution >= 0.6 is 11.3 Å². The van der Waals surface area contributed by atoms with Crippen LogP contribution in [0.5, 0.6) is 0 Å². The van der Waals surface area contributed by atoms with Crippen molar-refractivity contribution in [2.45, 2.75) is 76.4 Å². The Morgan fingerprint density at radius 3 is 2.67 bits per heavy atom. The topological polar surface area (TPSA) is 34.1 Å². The van der Waals surface area contributed by atoms with Crippen LogP contribution in [0.3, 0.4) is 0 Å². The van der Waals surface area contributed by atoms with E-state index in [-0.39, 0.29) is 11.1 Å². The fraction of sp³-hybridized carbons (Fsp3) is 0.824. The summed E-state index contributed by atoms with van der Waals surface area (Å²) in [6.45, 7) is 7.74. The summed E-state index contributed by atoms with van der Waals surface area (Å²) in [6.07, 6.45) is 7.32. The van der Waals surface area contributed by atoms with Gasteiger partial charge in [-0.3, -0.25) is 0 Å². The molecule has 0 amide bonds. The molecule has 1 atom stereocenters. The van der Waals surface area contributed by atoms with E-state index in [9.17, 15) is 0 Å². The monoisotopic (exact) mass is 308 g/mol. The fourth-order valence-corrected chi connectivity index (χ4v) is 4.75. The van der Waals surface area contributed by atoms with Crippen LogP contribution in [0.25, 0.3) is 0 Å². The number of ether oxygens (including phenoxy) is 1. The van der Waals surface area contributed by atoms with Gasteiger partial charge in [0.1, 0.15) is 10.6 Å². The summed E-state index contributed by atoms with van der Waals surface area (Å²) in [4.78, 5) is 6.57. The van der Waals surface area contributed by atoms with Gasteiger partial charge < -0.3 is 10.1 Å². The Labute approximate surface area is 132 Å². The number of fused-ring (bicyclic) bond motifs is 1. The highest BCUT2D eigenvalue weighted by molar-refractivity contribution is 7.11. The molecule has 1 heterocycles. The number of methoxy groups -OCH3 is 1. The zero-order valence-corrected chi connectivity index (χ0v) is 14.6. The predicted octanol–water partition coefficient (Wildman–Crippen LogP) is 3.98. The molecule has 2 aliphatic carbocycles. The van der Waals surface area contributed by atoms with Gasteiger partial charge in [0, 0.05) is 30.0 Å². The minimum atomic E-state index is -0.0516. The molecule has 2 aliphatic rings. The molecule has 1 unspecified atom stereocenters. The van der Waals surface area contributed by atoms with Gasteiger partial charge in [0.15, 0.2) is 0 Å². The highest BCUT2D eigenvalue weighted by Crippen LogP contribution is 2.48. The number of nitrogens with zero attached hydrogens (tertiary/aromatic N) is 1. The SMILES string of the molecule is COC1(c2nc3c(s2)CCCC3CNC(C)(C)C)CCC1. The van der Waals surface area contributed by atoms with Crippen molar-refractivity contribution < 1.29 is 4.74 Å². The first-order valence-corrected chi connectivity index (χ1v) is 9.05. The third-order valence-corrected chi connectivity index (χ3v) is 6.21. The van der Waals surface area contributed by atoms with Gasteiger partial charge in [0.25, 0.3) is 0 Å². The molecule has 1 aromatic rings. The van der Waals surface area contributed by atoms with Crippen LogP contribution in [0.1, 0.15) is 74.4 Å². The Hall–Kier alpha value is -0.450. The zero-order valence-electron chi connectivity index (χ0n) is 13.8. The van der Waals surface area contributed by atoms with Crippen LogP contribution in [0.15, 0.2) is 0 Å². The predicted molar refractivity (Wildman–Crippen MR) is 88.1 cm³/mol. The summed E-state index contributed by atoms with van der Waals surface area (Å²) in [5.41, 5.74) is 1.49. The second-order valence-corrected chi connectivity index (χ2v) is 8.68.